The van der Waals surface area contributed by atoms with E-state index in [2.05, 4.69) is 9.97 Å². The van der Waals surface area contributed by atoms with Crippen LogP contribution >= 0.6 is 0 Å². The number of aromatic amines is 1. The van der Waals surface area contributed by atoms with Crippen molar-refractivity contribution in [1.82, 2.24) is 9.97 Å². The molecule has 1 aliphatic heterocycles. The molecule has 0 atom stereocenters. The van der Waals surface area contributed by atoms with Crippen molar-refractivity contribution >= 4 is 11.9 Å². The SMILES string of the molecule is Cc1nc(/C=C/C(=O)c2ccc3c(c2)CCO3)[nH]c1C. The van der Waals surface area contributed by atoms with E-state index in [1.165, 1.54) is 0 Å². The van der Waals surface area contributed by atoms with Gasteiger partial charge in [-0.25, -0.2) is 4.98 Å². The Morgan fingerprint density at radius 1 is 1.40 bits per heavy atom. The van der Waals surface area contributed by atoms with Crippen molar-refractivity contribution in [2.45, 2.75) is 20.3 Å². The summed E-state index contributed by atoms with van der Waals surface area (Å²) in [4.78, 5) is 19.6. The third-order valence-corrected chi connectivity index (χ3v) is 3.51. The van der Waals surface area contributed by atoms with Gasteiger partial charge in [0.15, 0.2) is 5.78 Å². The van der Waals surface area contributed by atoms with E-state index in [0.29, 0.717) is 18.0 Å². The van der Waals surface area contributed by atoms with E-state index in [9.17, 15) is 4.79 Å². The van der Waals surface area contributed by atoms with Gasteiger partial charge in [-0.15, -0.1) is 0 Å². The average Bonchev–Trinajstić information content (AvgIpc) is 3.02. The van der Waals surface area contributed by atoms with E-state index in [-0.39, 0.29) is 5.78 Å². The van der Waals surface area contributed by atoms with Crippen molar-refractivity contribution in [3.8, 4) is 5.75 Å². The Morgan fingerprint density at radius 2 is 2.25 bits per heavy atom. The van der Waals surface area contributed by atoms with Crippen LogP contribution in [0.1, 0.15) is 33.1 Å². The molecule has 0 saturated carbocycles. The molecule has 2 aromatic rings. The largest absolute Gasteiger partial charge is 0.493 e. The van der Waals surface area contributed by atoms with Crippen LogP contribution in [-0.4, -0.2) is 22.4 Å². The van der Waals surface area contributed by atoms with Crippen LogP contribution in [0.4, 0.5) is 0 Å². The molecule has 0 fully saturated rings. The molecule has 0 unspecified atom stereocenters. The predicted octanol–water partition coefficient (Wildman–Crippen LogP) is 2.86. The summed E-state index contributed by atoms with van der Waals surface area (Å²) in [6.45, 7) is 4.60. The minimum atomic E-state index is -0.0218. The maximum Gasteiger partial charge on any atom is 0.185 e. The second kappa shape index (κ2) is 4.96. The minimum Gasteiger partial charge on any atom is -0.493 e. The number of rotatable bonds is 3. The monoisotopic (exact) mass is 268 g/mol. The number of nitrogens with one attached hydrogen (secondary N) is 1. The zero-order valence-electron chi connectivity index (χ0n) is 11.6. The number of aromatic nitrogens is 2. The fraction of sp³-hybridized carbons (Fsp3) is 0.250. The number of ketones is 1. The third-order valence-electron chi connectivity index (χ3n) is 3.51. The molecule has 4 nitrogen and oxygen atoms in total. The van der Waals surface area contributed by atoms with Crippen molar-refractivity contribution in [1.29, 1.82) is 0 Å². The van der Waals surface area contributed by atoms with Crippen LogP contribution in [0.5, 0.6) is 5.75 Å². The van der Waals surface area contributed by atoms with Gasteiger partial charge in [-0.2, -0.15) is 0 Å². The van der Waals surface area contributed by atoms with Crippen LogP contribution in [0.15, 0.2) is 24.3 Å². The standard InChI is InChI=1S/C16H16N2O2/c1-10-11(2)18-16(17-10)6-4-14(19)12-3-5-15-13(9-12)7-8-20-15/h3-6,9H,7-8H2,1-2H3,(H,17,18)/b6-4+. The maximum atomic E-state index is 12.1. The summed E-state index contributed by atoms with van der Waals surface area (Å²) in [5.74, 6) is 1.58. The van der Waals surface area contributed by atoms with E-state index < -0.39 is 0 Å². The molecule has 1 aromatic carbocycles. The highest BCUT2D eigenvalue weighted by molar-refractivity contribution is 6.06. The Bertz CT molecular complexity index is 679. The highest BCUT2D eigenvalue weighted by atomic mass is 16.5. The number of ether oxygens (including phenoxy) is 1. The molecular weight excluding hydrogens is 252 g/mol. The fourth-order valence-electron chi connectivity index (χ4n) is 2.24. The Balaban J connectivity index is 1.79. The number of benzene rings is 1. The Labute approximate surface area is 117 Å². The summed E-state index contributed by atoms with van der Waals surface area (Å²) in [5.41, 5.74) is 3.76. The van der Waals surface area contributed by atoms with E-state index >= 15 is 0 Å². The second-order valence-corrected chi connectivity index (χ2v) is 4.95. The van der Waals surface area contributed by atoms with Crippen LogP contribution in [0.25, 0.3) is 6.08 Å². The van der Waals surface area contributed by atoms with Gasteiger partial charge in [0.2, 0.25) is 0 Å². The summed E-state index contributed by atoms with van der Waals surface area (Å²) in [5, 5.41) is 0. The number of nitrogens with zero attached hydrogens (tertiary/aromatic N) is 1. The molecule has 1 N–H and O–H groups in total. The van der Waals surface area contributed by atoms with Crippen LogP contribution < -0.4 is 4.74 Å². The number of hydrogen-bond donors (Lipinski definition) is 1. The molecule has 0 aliphatic carbocycles. The van der Waals surface area contributed by atoms with E-state index in [4.69, 9.17) is 4.74 Å². The maximum absolute atomic E-state index is 12.1. The zero-order chi connectivity index (χ0) is 14.1. The number of carbonyl (C=O) groups excluding carboxylic acids is 1. The van der Waals surface area contributed by atoms with Crippen LogP contribution in [0.3, 0.4) is 0 Å². The number of allylic oxidation sites excluding steroid dienone is 1. The number of imidazole rings is 1. The number of aryl methyl sites for hydroxylation is 2. The van der Waals surface area contributed by atoms with Gasteiger partial charge in [-0.3, -0.25) is 4.79 Å². The molecule has 1 aliphatic rings. The lowest BCUT2D eigenvalue weighted by atomic mass is 10.1. The molecule has 20 heavy (non-hydrogen) atoms. The van der Waals surface area contributed by atoms with Gasteiger partial charge < -0.3 is 9.72 Å². The van der Waals surface area contributed by atoms with Gasteiger partial charge in [0.05, 0.1) is 12.3 Å². The van der Waals surface area contributed by atoms with Gasteiger partial charge in [0.25, 0.3) is 0 Å². The minimum absolute atomic E-state index is 0.0218. The molecular formula is C16H16N2O2. The highest BCUT2D eigenvalue weighted by Crippen LogP contribution is 2.26. The van der Waals surface area contributed by atoms with Crippen LogP contribution in [-0.2, 0) is 6.42 Å². The molecule has 0 radical (unpaired) electrons. The quantitative estimate of drug-likeness (QED) is 0.688. The van der Waals surface area contributed by atoms with Crippen molar-refractivity contribution in [3.63, 3.8) is 0 Å². The van der Waals surface area contributed by atoms with Crippen molar-refractivity contribution < 1.29 is 9.53 Å². The summed E-state index contributed by atoms with van der Waals surface area (Å²) in [6, 6.07) is 5.58. The molecule has 4 heteroatoms. The van der Waals surface area contributed by atoms with Gasteiger partial charge in [0, 0.05) is 17.7 Å². The first-order valence-electron chi connectivity index (χ1n) is 6.65. The summed E-state index contributed by atoms with van der Waals surface area (Å²) < 4.78 is 5.43. The fourth-order valence-corrected chi connectivity index (χ4v) is 2.24. The smallest absolute Gasteiger partial charge is 0.185 e. The Morgan fingerprint density at radius 3 is 3.00 bits per heavy atom. The second-order valence-electron chi connectivity index (χ2n) is 4.95. The first-order valence-corrected chi connectivity index (χ1v) is 6.65. The molecule has 0 saturated heterocycles. The summed E-state index contributed by atoms with van der Waals surface area (Å²) >= 11 is 0. The van der Waals surface area contributed by atoms with Crippen molar-refractivity contribution in [2.24, 2.45) is 0 Å². The van der Waals surface area contributed by atoms with Crippen LogP contribution in [0.2, 0.25) is 0 Å². The van der Waals surface area contributed by atoms with Gasteiger partial charge in [-0.05, 0) is 49.8 Å². The number of carbonyl (C=O) groups is 1. The summed E-state index contributed by atoms with van der Waals surface area (Å²) in [6.07, 6.45) is 4.14. The number of fused-ring (bicyclic) bond motifs is 1. The molecule has 3 rings (SSSR count). The van der Waals surface area contributed by atoms with Crippen molar-refractivity contribution in [3.05, 3.63) is 52.6 Å². The molecule has 1 aromatic heterocycles. The Hall–Kier alpha value is -2.36. The summed E-state index contributed by atoms with van der Waals surface area (Å²) in [7, 11) is 0. The third kappa shape index (κ3) is 2.37. The normalized spacial score (nSPS) is 13.5. The topological polar surface area (TPSA) is 55.0 Å². The number of H-pyrrole nitrogens is 1. The lowest BCUT2D eigenvalue weighted by Crippen LogP contribution is -1.95. The highest BCUT2D eigenvalue weighted by Gasteiger charge is 2.13. The lowest BCUT2D eigenvalue weighted by molar-refractivity contribution is 0.104. The molecule has 2 heterocycles. The molecule has 0 spiro atoms. The number of hydrogen-bond acceptors (Lipinski definition) is 3. The lowest BCUT2D eigenvalue weighted by Gasteiger charge is -2.00. The molecule has 0 amide bonds. The van der Waals surface area contributed by atoms with Gasteiger partial charge >= 0.3 is 0 Å². The zero-order valence-corrected chi connectivity index (χ0v) is 11.6. The molecule has 0 bridgehead atoms. The first kappa shape index (κ1) is 12.7. The first-order chi connectivity index (χ1) is 9.63. The van der Waals surface area contributed by atoms with E-state index in [0.717, 1.165) is 29.1 Å². The van der Waals surface area contributed by atoms with Crippen LogP contribution in [0, 0.1) is 13.8 Å². The Kier molecular flexibility index (Phi) is 3.14. The average molecular weight is 268 g/mol. The van der Waals surface area contributed by atoms with Gasteiger partial charge in [-0.1, -0.05) is 0 Å². The van der Waals surface area contributed by atoms with Gasteiger partial charge in [0.1, 0.15) is 11.6 Å². The predicted molar refractivity (Wildman–Crippen MR) is 77.1 cm³/mol. The van der Waals surface area contributed by atoms with E-state index in [1.807, 2.05) is 26.0 Å². The van der Waals surface area contributed by atoms with Crippen molar-refractivity contribution in [2.75, 3.05) is 6.61 Å². The molecule has 102 valence electrons. The van der Waals surface area contributed by atoms with E-state index in [1.54, 1.807) is 18.2 Å².